The fraction of sp³-hybridized carbons (Fsp3) is 1.00. The molecule has 12 unspecified atom stereocenters. The van der Waals surface area contributed by atoms with Crippen LogP contribution >= 0.6 is 0 Å². The summed E-state index contributed by atoms with van der Waals surface area (Å²) in [6.45, 7) is 28.3. The molecule has 0 aromatic rings. The highest BCUT2D eigenvalue weighted by Crippen LogP contribution is 2.74. The first-order chi connectivity index (χ1) is 58.9. The largest absolute Gasteiger partial charge is 0.392 e. The first-order valence-electron chi connectivity index (χ1n) is 56.0. The lowest BCUT2D eigenvalue weighted by molar-refractivity contribution is -0.129. The predicted octanol–water partition coefficient (Wildman–Crippen LogP) is 22.9. The molecule has 24 fully saturated rings. The van der Waals surface area contributed by atoms with Crippen LogP contribution in [-0.4, -0.2) is 82.0 Å². The van der Waals surface area contributed by atoms with Crippen LogP contribution in [0.4, 0.5) is 0 Å². The summed E-state index contributed by atoms with van der Waals surface area (Å²) in [6.07, 6.45) is 75.6. The van der Waals surface area contributed by atoms with Crippen LogP contribution in [0.1, 0.15) is 429 Å². The van der Waals surface area contributed by atoms with E-state index in [1.807, 2.05) is 0 Å². The fourth-order valence-corrected chi connectivity index (χ4v) is 44.0. The highest BCUT2D eigenvalue weighted by atomic mass is 16.3. The second kappa shape index (κ2) is 34.7. The summed E-state index contributed by atoms with van der Waals surface area (Å²) >= 11 is 0. The smallest absolute Gasteiger partial charge is 0.0696 e. The molecule has 24 rings (SSSR count). The molecule has 24 saturated carbocycles. The molecule has 11 nitrogen and oxygen atoms in total. The average molecular weight is 1720 g/mol. The summed E-state index contributed by atoms with van der Waals surface area (Å²) in [7, 11) is 0. The summed E-state index contributed by atoms with van der Waals surface area (Å²) in [5.74, 6) is 23.0. The number of nitrogens with two attached hydrogens (primary N) is 8. The Balaban J connectivity index is 0.0000000976. The minimum atomic E-state index is -0.262. The molecule has 0 aliphatic heterocycles. The number of rotatable bonds is 0. The molecule has 124 heavy (non-hydrogen) atoms. The van der Waals surface area contributed by atoms with Crippen molar-refractivity contribution in [3.8, 4) is 0 Å². The zero-order valence-corrected chi connectivity index (χ0v) is 82.1. The highest BCUT2D eigenvalue weighted by Gasteiger charge is 2.67. The van der Waals surface area contributed by atoms with Gasteiger partial charge in [-0.25, -0.2) is 0 Å². The van der Waals surface area contributed by atoms with Crippen molar-refractivity contribution in [2.24, 2.45) is 253 Å². The van der Waals surface area contributed by atoms with E-state index in [2.05, 4.69) is 76.2 Å². The Labute approximate surface area is 760 Å². The van der Waals surface area contributed by atoms with Crippen LogP contribution < -0.4 is 45.9 Å². The van der Waals surface area contributed by atoms with Crippen LogP contribution in [0.5, 0.6) is 0 Å². The molecule has 0 amide bonds. The van der Waals surface area contributed by atoms with Gasteiger partial charge in [-0.3, -0.25) is 0 Å². The van der Waals surface area contributed by atoms with Crippen molar-refractivity contribution in [1.29, 1.82) is 0 Å². The van der Waals surface area contributed by atoms with Gasteiger partial charge >= 0.3 is 0 Å². The molecule has 0 radical (unpaired) electrons. The Bertz CT molecular complexity index is 3410. The normalized spacial score (nSPS) is 59.6. The van der Waals surface area contributed by atoms with E-state index in [1.54, 1.807) is 0 Å². The topological polar surface area (TPSA) is 269 Å². The number of aliphatic hydroxyl groups excluding tert-OH is 3. The molecule has 24 aliphatic rings. The number of aliphatic hydroxyl groups is 3. The molecule has 24 aliphatic carbocycles. The average Bonchev–Trinajstić information content (AvgIpc) is 1.32. The van der Waals surface area contributed by atoms with Crippen molar-refractivity contribution in [2.75, 3.05) is 0 Å². The molecule has 19 N–H and O–H groups in total. The number of hydrogen-bond donors (Lipinski definition) is 11. The van der Waals surface area contributed by atoms with E-state index in [0.29, 0.717) is 77.4 Å². The zero-order valence-electron chi connectivity index (χ0n) is 82.1. The molecule has 0 heterocycles. The summed E-state index contributed by atoms with van der Waals surface area (Å²) in [6, 6.07) is 1.58. The van der Waals surface area contributed by atoms with E-state index < -0.39 is 0 Å². The Morgan fingerprint density at radius 1 is 0.185 bits per heavy atom. The summed E-state index contributed by atoms with van der Waals surface area (Å²) in [5.41, 5.74) is 57.0. The third-order valence-corrected chi connectivity index (χ3v) is 50.9. The SMILES string of the molecule is C[C@@]12CCC[C@H]1[C@@H]1CC[C@H]3C(N)C(O)CC[C@]3(C)[C@H]1CC2.C[C@@]12CCC[C@H]1[C@@H]1CC[C@H]3C(N)CCC[C@]3(C)[C@H]1CC2.C[C@@]12CCC[C@H]1[C@@H]1CC[C@H]3CC(N)C(N)C[C@]3(C)[C@H]1CC2.C[C@@]12CCC[C@H]1[C@@H]1CC[C@H]3CC(N)C(O)C[C@]3(C)[C@H]1CC2.C[C@@]12CCC[C@H]1[C@@H]1CC[C@H]3CC(O)C(N)C[C@]3(C)[C@H]1CC2.C[C@]12CCC(N)C(N)[C@@H]1CC[C@H]1[C@@H]3CCCC3CC[C@@H]12. The lowest BCUT2D eigenvalue weighted by Gasteiger charge is -2.61. The van der Waals surface area contributed by atoms with Gasteiger partial charge < -0.3 is 61.2 Å². The van der Waals surface area contributed by atoms with Gasteiger partial charge in [0.2, 0.25) is 0 Å². The third kappa shape index (κ3) is 15.5. The van der Waals surface area contributed by atoms with E-state index in [1.165, 1.54) is 315 Å². The molecular weight excluding hydrogens is 1520 g/mol. The first-order valence-corrected chi connectivity index (χ1v) is 56.0. The molecule has 0 bridgehead atoms. The second-order valence-corrected chi connectivity index (χ2v) is 55.5. The van der Waals surface area contributed by atoms with E-state index >= 15 is 0 Å². The monoisotopic (exact) mass is 1720 g/mol. The van der Waals surface area contributed by atoms with Gasteiger partial charge in [0, 0.05) is 48.3 Å². The quantitative estimate of drug-likeness (QED) is 0.109. The van der Waals surface area contributed by atoms with Gasteiger partial charge in [-0.1, -0.05) is 128 Å². The van der Waals surface area contributed by atoms with Gasteiger partial charge in [0.05, 0.1) is 18.3 Å². The van der Waals surface area contributed by atoms with Crippen molar-refractivity contribution in [3.63, 3.8) is 0 Å². The second-order valence-electron chi connectivity index (χ2n) is 55.5. The summed E-state index contributed by atoms with van der Waals surface area (Å²) in [5, 5.41) is 30.8. The van der Waals surface area contributed by atoms with Crippen LogP contribution in [0, 0.1) is 208 Å². The van der Waals surface area contributed by atoms with Crippen molar-refractivity contribution < 1.29 is 15.3 Å². The maximum atomic E-state index is 10.4. The number of fused-ring (bicyclic) bond motifs is 30. The minimum absolute atomic E-state index is 0.0156. The Morgan fingerprint density at radius 2 is 0.540 bits per heavy atom. The molecule has 0 spiro atoms. The standard InChI is InChI=1S/C19H34N2.3C19H33NO.C19H33N.C18H32N2/c1-18-8-3-4-14(18)13-6-5-12-10-16(20)17(21)11-19(12,2)15(13)7-9-18;1-18-9-3-4-13(18)12-5-6-15-17(20)16(21)8-11-19(15,2)14(12)7-10-18;1-18-8-3-4-14(18)13-6-5-12-10-17(21)16(20)11-19(12,2)15(13)7-9-18;1-18-8-3-4-14(18)13-6-5-12-10-16(20)17(21)11-19(12,2)15(13)7-9-18;1-18-10-3-5-14(18)13-7-8-16-17(20)6-4-11-19(16,2)15(13)9-12-18;1-18-10-9-16(19)17(20)15(18)8-6-13-12-4-2-3-11(12)5-7-14(13)18/h12-17H,3-11,20-21H2,1-2H3;3*12-17,21H,3-11,20H2,1-2H3;13-17H,3-12,20H2,1-2H3;11-17H,2-10,19-20H2,1H3/t12-,13-,14-,15-,16?,17?,18-,19-;12-,13-,14-,15-,16?,17?,18-,19+;2*12-,13-,14-,15-,16?,17?,18-,19-;13-,14-,15-,16-,17?,18-,19+;11?,12-,13+,14+,15+,16?,17?,18-/m000001/s1. The van der Waals surface area contributed by atoms with Crippen molar-refractivity contribution in [1.82, 2.24) is 0 Å². The van der Waals surface area contributed by atoms with E-state index in [4.69, 9.17) is 45.9 Å². The molecule has 0 aromatic carbocycles. The highest BCUT2D eigenvalue weighted by molar-refractivity contribution is 5.18. The zero-order chi connectivity index (χ0) is 87.2. The molecule has 0 aromatic heterocycles. The molecule has 11 heteroatoms. The summed E-state index contributed by atoms with van der Waals surface area (Å²) in [4.78, 5) is 0. The Kier molecular flexibility index (Phi) is 25.9. The summed E-state index contributed by atoms with van der Waals surface area (Å²) < 4.78 is 0. The fourth-order valence-electron chi connectivity index (χ4n) is 44.0. The van der Waals surface area contributed by atoms with Crippen LogP contribution in [0.2, 0.25) is 0 Å². The molecular formula is C113H198N8O3. The van der Waals surface area contributed by atoms with E-state index in [-0.39, 0.29) is 60.6 Å². The molecule has 708 valence electrons. The Morgan fingerprint density at radius 3 is 1.01 bits per heavy atom. The molecule has 0 saturated heterocycles. The number of hydrogen-bond acceptors (Lipinski definition) is 11. The van der Waals surface area contributed by atoms with E-state index in [9.17, 15) is 15.3 Å². The Hall–Kier alpha value is -0.440. The van der Waals surface area contributed by atoms with Crippen molar-refractivity contribution >= 4 is 0 Å². The van der Waals surface area contributed by atoms with Crippen LogP contribution in [-0.2, 0) is 0 Å². The lowest BCUT2D eigenvalue weighted by atomic mass is 9.44. The molecule has 47 atom stereocenters. The van der Waals surface area contributed by atoms with Gasteiger partial charge in [-0.15, -0.1) is 0 Å². The maximum absolute atomic E-state index is 10.4. The van der Waals surface area contributed by atoms with Gasteiger partial charge in [-0.2, -0.15) is 0 Å². The van der Waals surface area contributed by atoms with Gasteiger partial charge in [0.25, 0.3) is 0 Å². The predicted molar refractivity (Wildman–Crippen MR) is 512 cm³/mol. The van der Waals surface area contributed by atoms with E-state index in [0.717, 1.165) is 175 Å². The van der Waals surface area contributed by atoms with Gasteiger partial charge in [0.15, 0.2) is 0 Å². The van der Waals surface area contributed by atoms with Crippen molar-refractivity contribution in [3.05, 3.63) is 0 Å². The van der Waals surface area contributed by atoms with Crippen molar-refractivity contribution in [2.45, 2.75) is 496 Å². The lowest BCUT2D eigenvalue weighted by Crippen LogP contribution is -2.61. The van der Waals surface area contributed by atoms with Gasteiger partial charge in [-0.05, 0) is 509 Å². The van der Waals surface area contributed by atoms with Crippen LogP contribution in [0.25, 0.3) is 0 Å². The first kappa shape index (κ1) is 92.6. The third-order valence-electron chi connectivity index (χ3n) is 50.9. The maximum Gasteiger partial charge on any atom is 0.0696 e. The van der Waals surface area contributed by atoms with Crippen LogP contribution in [0.3, 0.4) is 0 Å². The minimum Gasteiger partial charge on any atom is -0.392 e. The van der Waals surface area contributed by atoms with Gasteiger partial charge in [0.1, 0.15) is 0 Å². The van der Waals surface area contributed by atoms with Crippen LogP contribution in [0.15, 0.2) is 0 Å².